The smallest absolute Gasteiger partial charge is 0.339 e. The predicted molar refractivity (Wildman–Crippen MR) is 100 cm³/mol. The number of fused-ring (bicyclic) bond motifs is 1. The minimum atomic E-state index is -0.463. The van der Waals surface area contributed by atoms with E-state index < -0.39 is 11.7 Å². The molecule has 3 rings (SSSR count). The Morgan fingerprint density at radius 3 is 2.81 bits per heavy atom. The maximum absolute atomic E-state index is 12.4. The van der Waals surface area contributed by atoms with Crippen molar-refractivity contribution in [1.82, 2.24) is 0 Å². The van der Waals surface area contributed by atoms with Crippen LogP contribution in [-0.4, -0.2) is 24.5 Å². The fourth-order valence-corrected chi connectivity index (χ4v) is 3.44. The molecule has 0 spiro atoms. The largest absolute Gasteiger partial charge is 0.483 e. The molecule has 1 aromatic carbocycles. The normalized spacial score (nSPS) is 17.1. The molecule has 1 aliphatic carbocycles. The van der Waals surface area contributed by atoms with Gasteiger partial charge < -0.3 is 13.9 Å². The van der Waals surface area contributed by atoms with E-state index in [1.165, 1.54) is 0 Å². The molecule has 1 fully saturated rings. The van der Waals surface area contributed by atoms with Crippen molar-refractivity contribution in [3.63, 3.8) is 0 Å². The molecule has 0 aliphatic heterocycles. The summed E-state index contributed by atoms with van der Waals surface area (Å²) in [6.45, 7) is 3.90. The first-order valence-corrected chi connectivity index (χ1v) is 9.41. The molecule has 0 amide bonds. The third kappa shape index (κ3) is 4.38. The summed E-state index contributed by atoms with van der Waals surface area (Å²) in [5.74, 6) is 0.301. The van der Waals surface area contributed by atoms with Gasteiger partial charge in [0, 0.05) is 29.9 Å². The average molecular weight is 372 g/mol. The predicted octanol–water partition coefficient (Wildman–Crippen LogP) is 3.49. The van der Waals surface area contributed by atoms with Crippen LogP contribution < -0.4 is 10.4 Å². The summed E-state index contributed by atoms with van der Waals surface area (Å²) in [4.78, 5) is 35.9. The van der Waals surface area contributed by atoms with E-state index in [1.54, 1.807) is 19.1 Å². The zero-order valence-corrected chi connectivity index (χ0v) is 15.7. The van der Waals surface area contributed by atoms with Crippen molar-refractivity contribution in [3.05, 3.63) is 39.7 Å². The second kappa shape index (κ2) is 8.37. The van der Waals surface area contributed by atoms with E-state index >= 15 is 0 Å². The molecule has 6 heteroatoms. The average Bonchev–Trinajstić information content (AvgIpc) is 2.63. The third-order valence-corrected chi connectivity index (χ3v) is 4.92. The van der Waals surface area contributed by atoms with Gasteiger partial charge in [-0.15, -0.1) is 0 Å². The zero-order chi connectivity index (χ0) is 19.4. The standard InChI is InChI=1S/C21H24O6/c1-3-25-20(23)11-10-16-13(2)15-9-8-14(12-19(15)27-21(16)24)26-18-7-5-4-6-17(18)22/h8-9,12,18H,3-7,10-11H2,1-2H3/t18-/m0/s1. The first-order valence-electron chi connectivity index (χ1n) is 9.41. The highest BCUT2D eigenvalue weighted by molar-refractivity contribution is 5.85. The summed E-state index contributed by atoms with van der Waals surface area (Å²) in [5.41, 5.74) is 1.21. The van der Waals surface area contributed by atoms with Crippen molar-refractivity contribution in [1.29, 1.82) is 0 Å². The molecule has 6 nitrogen and oxygen atoms in total. The number of ketones is 1. The molecular weight excluding hydrogens is 348 g/mol. The monoisotopic (exact) mass is 372 g/mol. The molecule has 1 atom stereocenters. The first-order chi connectivity index (χ1) is 13.0. The SMILES string of the molecule is CCOC(=O)CCc1c(C)c2ccc(O[C@H]3CCCCC3=O)cc2oc1=O. The zero-order valence-electron chi connectivity index (χ0n) is 15.7. The van der Waals surface area contributed by atoms with Crippen molar-refractivity contribution >= 4 is 22.7 Å². The number of aryl methyl sites for hydroxylation is 1. The number of benzene rings is 1. The van der Waals surface area contributed by atoms with Crippen LogP contribution in [0.3, 0.4) is 0 Å². The van der Waals surface area contributed by atoms with Gasteiger partial charge in [-0.1, -0.05) is 0 Å². The molecule has 0 unspecified atom stereocenters. The lowest BCUT2D eigenvalue weighted by molar-refractivity contribution is -0.143. The van der Waals surface area contributed by atoms with E-state index in [0.29, 0.717) is 36.3 Å². The highest BCUT2D eigenvalue weighted by Crippen LogP contribution is 2.27. The Kier molecular flexibility index (Phi) is 5.94. The molecular formula is C21H24O6. The maximum atomic E-state index is 12.4. The van der Waals surface area contributed by atoms with Gasteiger partial charge in [0.1, 0.15) is 11.3 Å². The highest BCUT2D eigenvalue weighted by Gasteiger charge is 2.24. The molecule has 0 saturated heterocycles. The van der Waals surface area contributed by atoms with Gasteiger partial charge in [-0.05, 0) is 57.2 Å². The van der Waals surface area contributed by atoms with E-state index in [0.717, 1.165) is 23.8 Å². The number of rotatable bonds is 6. The highest BCUT2D eigenvalue weighted by atomic mass is 16.5. The van der Waals surface area contributed by atoms with E-state index in [-0.39, 0.29) is 24.6 Å². The first kappa shape index (κ1) is 19.1. The quantitative estimate of drug-likeness (QED) is 0.570. The van der Waals surface area contributed by atoms with Crippen molar-refractivity contribution in [2.24, 2.45) is 0 Å². The van der Waals surface area contributed by atoms with Crippen LogP contribution in [0.4, 0.5) is 0 Å². The van der Waals surface area contributed by atoms with E-state index in [9.17, 15) is 14.4 Å². The third-order valence-electron chi connectivity index (χ3n) is 4.92. The maximum Gasteiger partial charge on any atom is 0.339 e. The molecule has 144 valence electrons. The van der Waals surface area contributed by atoms with E-state index in [4.69, 9.17) is 13.9 Å². The van der Waals surface area contributed by atoms with Gasteiger partial charge in [0.05, 0.1) is 6.61 Å². The molecule has 1 heterocycles. The fourth-order valence-electron chi connectivity index (χ4n) is 3.44. The molecule has 1 aliphatic rings. The molecule has 1 saturated carbocycles. The summed E-state index contributed by atoms with van der Waals surface area (Å²) in [5, 5.41) is 0.788. The molecule has 0 N–H and O–H groups in total. The number of hydrogen-bond acceptors (Lipinski definition) is 6. The lowest BCUT2D eigenvalue weighted by Gasteiger charge is -2.21. The van der Waals surface area contributed by atoms with Crippen LogP contribution in [0.1, 0.15) is 50.2 Å². The summed E-state index contributed by atoms with van der Waals surface area (Å²) >= 11 is 0. The number of Topliss-reactive ketones (excluding diaryl/α,β-unsaturated/α-hetero) is 1. The topological polar surface area (TPSA) is 82.8 Å². The Morgan fingerprint density at radius 1 is 1.26 bits per heavy atom. The second-order valence-electron chi connectivity index (χ2n) is 6.77. The van der Waals surface area contributed by atoms with Gasteiger partial charge in [0.2, 0.25) is 0 Å². The Balaban J connectivity index is 1.83. The summed E-state index contributed by atoms with van der Waals surface area (Å²) in [6.07, 6.45) is 3.14. The molecule has 0 bridgehead atoms. The van der Waals surface area contributed by atoms with Crippen molar-refractivity contribution in [3.8, 4) is 5.75 Å². The van der Waals surface area contributed by atoms with Crippen LogP contribution in [0.2, 0.25) is 0 Å². The Bertz CT molecular complexity index is 911. The Labute approximate surface area is 157 Å². The Morgan fingerprint density at radius 2 is 2.07 bits per heavy atom. The lowest BCUT2D eigenvalue weighted by Crippen LogP contribution is -2.30. The van der Waals surface area contributed by atoms with Crippen LogP contribution in [-0.2, 0) is 20.7 Å². The second-order valence-corrected chi connectivity index (χ2v) is 6.77. The van der Waals surface area contributed by atoms with E-state index in [1.807, 2.05) is 13.0 Å². The van der Waals surface area contributed by atoms with Gasteiger partial charge in [0.25, 0.3) is 0 Å². The van der Waals surface area contributed by atoms with Gasteiger partial charge in [0.15, 0.2) is 11.9 Å². The lowest BCUT2D eigenvalue weighted by atomic mass is 9.96. The minimum Gasteiger partial charge on any atom is -0.483 e. The number of carbonyl (C=O) groups is 2. The fraction of sp³-hybridized carbons (Fsp3) is 0.476. The summed E-state index contributed by atoms with van der Waals surface area (Å²) < 4.78 is 16.2. The molecule has 1 aromatic heterocycles. The Hall–Kier alpha value is -2.63. The van der Waals surface area contributed by atoms with Crippen LogP contribution in [0.5, 0.6) is 5.75 Å². The number of carbonyl (C=O) groups excluding carboxylic acids is 2. The van der Waals surface area contributed by atoms with Gasteiger partial charge in [-0.3, -0.25) is 9.59 Å². The number of ether oxygens (including phenoxy) is 2. The minimum absolute atomic E-state index is 0.119. The van der Waals surface area contributed by atoms with Crippen LogP contribution in [0, 0.1) is 6.92 Å². The summed E-state index contributed by atoms with van der Waals surface area (Å²) in [7, 11) is 0. The van der Waals surface area contributed by atoms with Gasteiger partial charge in [-0.25, -0.2) is 4.79 Å². The van der Waals surface area contributed by atoms with Crippen molar-refractivity contribution < 1.29 is 23.5 Å². The number of esters is 1. The van der Waals surface area contributed by atoms with Crippen molar-refractivity contribution in [2.45, 2.75) is 58.5 Å². The van der Waals surface area contributed by atoms with Gasteiger partial charge in [-0.2, -0.15) is 0 Å². The van der Waals surface area contributed by atoms with Crippen LogP contribution >= 0.6 is 0 Å². The van der Waals surface area contributed by atoms with Crippen LogP contribution in [0.15, 0.2) is 27.4 Å². The molecule has 2 aromatic rings. The molecule has 0 radical (unpaired) electrons. The van der Waals surface area contributed by atoms with Crippen LogP contribution in [0.25, 0.3) is 11.0 Å². The van der Waals surface area contributed by atoms with Crippen molar-refractivity contribution in [2.75, 3.05) is 6.61 Å². The van der Waals surface area contributed by atoms with E-state index in [2.05, 4.69) is 0 Å². The molecule has 27 heavy (non-hydrogen) atoms. The number of hydrogen-bond donors (Lipinski definition) is 0. The summed E-state index contributed by atoms with van der Waals surface area (Å²) in [6, 6.07) is 5.26. The van der Waals surface area contributed by atoms with Gasteiger partial charge >= 0.3 is 11.6 Å².